The number of rotatable bonds is 6. The zero-order chi connectivity index (χ0) is 23.5. The lowest BCUT2D eigenvalue weighted by Gasteiger charge is -2.29. The van der Waals surface area contributed by atoms with Gasteiger partial charge in [0.1, 0.15) is 6.54 Å². The van der Waals surface area contributed by atoms with Gasteiger partial charge in [0.2, 0.25) is 11.3 Å². The number of anilines is 1. The van der Waals surface area contributed by atoms with Crippen LogP contribution in [-0.4, -0.2) is 29.0 Å². The first-order valence-corrected chi connectivity index (χ1v) is 10.4. The summed E-state index contributed by atoms with van der Waals surface area (Å²) in [5.74, 6) is -5.11. The van der Waals surface area contributed by atoms with Gasteiger partial charge >= 0.3 is 0 Å². The van der Waals surface area contributed by atoms with E-state index in [2.05, 4.69) is 22.3 Å². The molecule has 1 aromatic heterocycles. The van der Waals surface area contributed by atoms with Crippen molar-refractivity contribution in [1.82, 2.24) is 9.47 Å². The van der Waals surface area contributed by atoms with Crippen LogP contribution in [0.4, 0.5) is 18.9 Å². The SMILES string of the molecule is COc1cn(CC(=O)Nc2ccc(F)c(F)c2F)c(CN2CCc3ccccc3C2)cc1=O. The molecule has 33 heavy (non-hydrogen) atoms. The molecule has 9 heteroatoms. The molecule has 0 fully saturated rings. The number of ether oxygens (including phenoxy) is 1. The van der Waals surface area contributed by atoms with Gasteiger partial charge in [0.25, 0.3) is 0 Å². The summed E-state index contributed by atoms with van der Waals surface area (Å²) in [6.45, 7) is 1.60. The Morgan fingerprint density at radius 2 is 1.85 bits per heavy atom. The first kappa shape index (κ1) is 22.6. The third-order valence-corrected chi connectivity index (χ3v) is 5.62. The maximum Gasteiger partial charge on any atom is 0.244 e. The summed E-state index contributed by atoms with van der Waals surface area (Å²) in [5, 5.41) is 2.25. The van der Waals surface area contributed by atoms with Crippen LogP contribution in [0.5, 0.6) is 5.75 Å². The van der Waals surface area contributed by atoms with Gasteiger partial charge in [-0.15, -0.1) is 0 Å². The third kappa shape index (κ3) is 4.93. The van der Waals surface area contributed by atoms with Crippen LogP contribution in [0.2, 0.25) is 0 Å². The van der Waals surface area contributed by atoms with Gasteiger partial charge < -0.3 is 14.6 Å². The highest BCUT2D eigenvalue weighted by Gasteiger charge is 2.20. The molecular formula is C24H22F3N3O3. The van der Waals surface area contributed by atoms with Crippen LogP contribution in [0.1, 0.15) is 16.8 Å². The van der Waals surface area contributed by atoms with E-state index in [9.17, 15) is 22.8 Å². The molecule has 0 saturated heterocycles. The fourth-order valence-electron chi connectivity index (χ4n) is 3.92. The summed E-state index contributed by atoms with van der Waals surface area (Å²) in [7, 11) is 1.35. The molecule has 4 rings (SSSR count). The number of carbonyl (C=O) groups is 1. The van der Waals surface area contributed by atoms with Crippen molar-refractivity contribution >= 4 is 11.6 Å². The number of nitrogens with one attached hydrogen (secondary N) is 1. The first-order chi connectivity index (χ1) is 15.9. The van der Waals surface area contributed by atoms with Crippen molar-refractivity contribution in [3.8, 4) is 5.75 Å². The second kappa shape index (κ2) is 9.50. The molecule has 2 aromatic carbocycles. The van der Waals surface area contributed by atoms with E-state index in [4.69, 9.17) is 4.74 Å². The normalized spacial score (nSPS) is 13.5. The first-order valence-electron chi connectivity index (χ1n) is 10.4. The molecule has 0 saturated carbocycles. The molecule has 1 N–H and O–H groups in total. The summed E-state index contributed by atoms with van der Waals surface area (Å²) in [6.07, 6.45) is 2.28. The van der Waals surface area contributed by atoms with Crippen molar-refractivity contribution in [1.29, 1.82) is 0 Å². The molecule has 1 amide bonds. The van der Waals surface area contributed by atoms with Crippen LogP contribution >= 0.6 is 0 Å². The predicted molar refractivity (Wildman–Crippen MR) is 116 cm³/mol. The summed E-state index contributed by atoms with van der Waals surface area (Å²) >= 11 is 0. The van der Waals surface area contributed by atoms with E-state index in [-0.39, 0.29) is 17.7 Å². The number of hydrogen-bond donors (Lipinski definition) is 1. The Bertz CT molecular complexity index is 1260. The molecule has 172 valence electrons. The molecule has 2 heterocycles. The fraction of sp³-hybridized carbons (Fsp3) is 0.250. The van der Waals surface area contributed by atoms with E-state index >= 15 is 0 Å². The lowest BCUT2D eigenvalue weighted by atomic mass is 10.00. The molecule has 0 spiro atoms. The summed E-state index contributed by atoms with van der Waals surface area (Å²) < 4.78 is 47.2. The second-order valence-electron chi connectivity index (χ2n) is 7.83. The molecule has 0 radical (unpaired) electrons. The lowest BCUT2D eigenvalue weighted by Crippen LogP contribution is -2.32. The average Bonchev–Trinajstić information content (AvgIpc) is 2.81. The quantitative estimate of drug-likeness (QED) is 0.576. The zero-order valence-corrected chi connectivity index (χ0v) is 17.9. The second-order valence-corrected chi connectivity index (χ2v) is 7.83. The van der Waals surface area contributed by atoms with E-state index in [1.54, 1.807) is 0 Å². The van der Waals surface area contributed by atoms with Gasteiger partial charge in [0, 0.05) is 31.4 Å². The van der Waals surface area contributed by atoms with Gasteiger partial charge in [-0.25, -0.2) is 13.2 Å². The molecule has 0 atom stereocenters. The van der Waals surface area contributed by atoms with Crippen LogP contribution in [0.25, 0.3) is 0 Å². The summed E-state index contributed by atoms with van der Waals surface area (Å²) in [4.78, 5) is 27.1. The minimum atomic E-state index is -1.66. The van der Waals surface area contributed by atoms with Gasteiger partial charge in [-0.05, 0) is 29.7 Å². The Morgan fingerprint density at radius 3 is 2.61 bits per heavy atom. The number of pyridine rings is 1. The minimum absolute atomic E-state index is 0.0505. The number of carbonyl (C=O) groups excluding carboxylic acids is 1. The van der Waals surface area contributed by atoms with Gasteiger partial charge in [-0.3, -0.25) is 14.5 Å². The van der Waals surface area contributed by atoms with E-state index in [1.165, 1.54) is 35.1 Å². The Labute approximate surface area is 188 Å². The van der Waals surface area contributed by atoms with Crippen LogP contribution in [-0.2, 0) is 30.8 Å². The van der Waals surface area contributed by atoms with Crippen molar-refractivity contribution in [2.24, 2.45) is 0 Å². The standard InChI is InChI=1S/C24H22F3N3O3/c1-33-21-13-30(14-22(32)28-19-7-6-18(25)23(26)24(19)27)17(10-20(21)31)12-29-9-8-15-4-2-3-5-16(15)11-29/h2-7,10,13H,8-9,11-12,14H2,1H3,(H,28,32). The van der Waals surface area contributed by atoms with Crippen molar-refractivity contribution in [3.63, 3.8) is 0 Å². The number of nitrogens with zero attached hydrogens (tertiary/aromatic N) is 2. The van der Waals surface area contributed by atoms with Crippen molar-refractivity contribution in [2.45, 2.75) is 26.1 Å². The Kier molecular flexibility index (Phi) is 6.50. The van der Waals surface area contributed by atoms with Gasteiger partial charge in [0.15, 0.2) is 23.2 Å². The highest BCUT2D eigenvalue weighted by atomic mass is 19.2. The molecule has 0 unspecified atom stereocenters. The van der Waals surface area contributed by atoms with Crippen LogP contribution < -0.4 is 15.5 Å². The van der Waals surface area contributed by atoms with Crippen LogP contribution in [0, 0.1) is 17.5 Å². The third-order valence-electron chi connectivity index (χ3n) is 5.62. The zero-order valence-electron chi connectivity index (χ0n) is 17.9. The topological polar surface area (TPSA) is 63.6 Å². The Balaban J connectivity index is 1.55. The fourth-order valence-corrected chi connectivity index (χ4v) is 3.92. The average molecular weight is 457 g/mol. The number of benzene rings is 2. The molecule has 0 bridgehead atoms. The van der Waals surface area contributed by atoms with Gasteiger partial charge in [-0.2, -0.15) is 0 Å². The van der Waals surface area contributed by atoms with E-state index in [0.29, 0.717) is 18.8 Å². The maximum atomic E-state index is 13.9. The van der Waals surface area contributed by atoms with E-state index in [0.717, 1.165) is 25.1 Å². The number of methoxy groups -OCH3 is 1. The highest BCUT2D eigenvalue weighted by molar-refractivity contribution is 5.90. The minimum Gasteiger partial charge on any atom is -0.491 e. The number of amides is 1. The predicted octanol–water partition coefficient (Wildman–Crippen LogP) is 3.47. The molecule has 6 nitrogen and oxygen atoms in total. The van der Waals surface area contributed by atoms with Crippen LogP contribution in [0.3, 0.4) is 0 Å². The smallest absolute Gasteiger partial charge is 0.244 e. The van der Waals surface area contributed by atoms with Crippen LogP contribution in [0.15, 0.2) is 53.5 Å². The van der Waals surface area contributed by atoms with E-state index in [1.807, 2.05) is 12.1 Å². The molecule has 3 aromatic rings. The number of aromatic nitrogens is 1. The molecule has 1 aliphatic heterocycles. The molecule has 0 aliphatic carbocycles. The summed E-state index contributed by atoms with van der Waals surface area (Å²) in [5.41, 5.74) is 2.27. The Hall–Kier alpha value is -3.59. The number of hydrogen-bond acceptors (Lipinski definition) is 4. The van der Waals surface area contributed by atoms with Crippen molar-refractivity contribution < 1.29 is 22.7 Å². The highest BCUT2D eigenvalue weighted by Crippen LogP contribution is 2.22. The van der Waals surface area contributed by atoms with E-state index < -0.39 is 29.0 Å². The number of fused-ring (bicyclic) bond motifs is 1. The summed E-state index contributed by atoms with van der Waals surface area (Å²) in [6, 6.07) is 11.2. The molecular weight excluding hydrogens is 435 g/mol. The lowest BCUT2D eigenvalue weighted by molar-refractivity contribution is -0.116. The largest absolute Gasteiger partial charge is 0.491 e. The van der Waals surface area contributed by atoms with Crippen molar-refractivity contribution in [2.75, 3.05) is 19.0 Å². The number of halogens is 3. The van der Waals surface area contributed by atoms with Gasteiger partial charge in [0.05, 0.1) is 19.0 Å². The monoisotopic (exact) mass is 457 g/mol. The van der Waals surface area contributed by atoms with Crippen molar-refractivity contribution in [3.05, 3.63) is 93.2 Å². The molecule has 1 aliphatic rings. The van der Waals surface area contributed by atoms with Gasteiger partial charge in [-0.1, -0.05) is 24.3 Å². The maximum absolute atomic E-state index is 13.9. The Morgan fingerprint density at radius 1 is 1.09 bits per heavy atom.